The van der Waals surface area contributed by atoms with Crippen LogP contribution in [0.2, 0.25) is 0 Å². The van der Waals surface area contributed by atoms with Gasteiger partial charge < -0.3 is 15.5 Å². The lowest BCUT2D eigenvalue weighted by Gasteiger charge is -2.35. The summed E-state index contributed by atoms with van der Waals surface area (Å²) in [5, 5.41) is 22.7. The van der Waals surface area contributed by atoms with E-state index in [1.807, 2.05) is 0 Å². The predicted octanol–water partition coefficient (Wildman–Crippen LogP) is 1.40. The van der Waals surface area contributed by atoms with E-state index in [2.05, 4.69) is 10.2 Å². The Kier molecular flexibility index (Phi) is 4.38. The highest BCUT2D eigenvalue weighted by Crippen LogP contribution is 2.36. The van der Waals surface area contributed by atoms with Crippen molar-refractivity contribution in [2.45, 2.75) is 12.5 Å². The summed E-state index contributed by atoms with van der Waals surface area (Å²) in [6.45, 7) is 2.92. The second-order valence-corrected chi connectivity index (χ2v) is 4.49. The smallest absolute Gasteiger partial charge is 0.162 e. The van der Waals surface area contributed by atoms with Crippen LogP contribution in [0.15, 0.2) is 18.2 Å². The quantitative estimate of drug-likeness (QED) is 0.711. The molecule has 1 aromatic carbocycles. The molecule has 0 saturated carbocycles. The SMILES string of the molecule is Oc1cccc([C@H](CCF)N2CCNCC2)c1O. The second-order valence-electron chi connectivity index (χ2n) is 4.49. The van der Waals surface area contributed by atoms with Gasteiger partial charge in [-0.3, -0.25) is 9.29 Å². The van der Waals surface area contributed by atoms with Gasteiger partial charge in [0.05, 0.1) is 6.67 Å². The summed E-state index contributed by atoms with van der Waals surface area (Å²) in [7, 11) is 0. The minimum atomic E-state index is -0.441. The minimum absolute atomic E-state index is 0.130. The van der Waals surface area contributed by atoms with Crippen LogP contribution in [0.5, 0.6) is 11.5 Å². The number of piperazine rings is 1. The monoisotopic (exact) mass is 254 g/mol. The lowest BCUT2D eigenvalue weighted by molar-refractivity contribution is 0.154. The van der Waals surface area contributed by atoms with Crippen molar-refractivity contribution >= 4 is 0 Å². The Bertz CT molecular complexity index is 395. The molecule has 1 aliphatic rings. The van der Waals surface area contributed by atoms with Gasteiger partial charge in [0.25, 0.3) is 0 Å². The highest BCUT2D eigenvalue weighted by molar-refractivity contribution is 5.46. The molecule has 5 heteroatoms. The molecule has 1 aliphatic heterocycles. The standard InChI is InChI=1S/C13H19FN2O2/c14-5-4-11(16-8-6-15-7-9-16)10-2-1-3-12(17)13(10)18/h1-3,11,15,17-18H,4-9H2/t11-/m0/s1. The summed E-state index contributed by atoms with van der Waals surface area (Å²) in [6.07, 6.45) is 0.330. The zero-order chi connectivity index (χ0) is 13.0. The number of rotatable bonds is 4. The number of benzene rings is 1. The third-order valence-corrected chi connectivity index (χ3v) is 3.38. The predicted molar refractivity (Wildman–Crippen MR) is 67.5 cm³/mol. The van der Waals surface area contributed by atoms with Crippen molar-refractivity contribution in [3.05, 3.63) is 23.8 Å². The summed E-state index contributed by atoms with van der Waals surface area (Å²) >= 11 is 0. The molecule has 3 N–H and O–H groups in total. The first-order valence-corrected chi connectivity index (χ1v) is 6.25. The first kappa shape index (κ1) is 13.1. The molecule has 1 heterocycles. The van der Waals surface area contributed by atoms with Crippen molar-refractivity contribution in [2.24, 2.45) is 0 Å². The van der Waals surface area contributed by atoms with Gasteiger partial charge in [-0.1, -0.05) is 12.1 Å². The van der Waals surface area contributed by atoms with Crippen LogP contribution in [-0.4, -0.2) is 48.0 Å². The average molecular weight is 254 g/mol. The fourth-order valence-corrected chi connectivity index (χ4v) is 2.45. The summed E-state index contributed by atoms with van der Waals surface area (Å²) in [4.78, 5) is 2.14. The number of nitrogens with one attached hydrogen (secondary N) is 1. The third kappa shape index (κ3) is 2.73. The van der Waals surface area contributed by atoms with Crippen molar-refractivity contribution in [3.63, 3.8) is 0 Å². The largest absolute Gasteiger partial charge is 0.504 e. The number of hydrogen-bond acceptors (Lipinski definition) is 4. The summed E-state index contributed by atoms with van der Waals surface area (Å²) in [5.74, 6) is -0.277. The first-order chi connectivity index (χ1) is 8.74. The molecule has 0 aliphatic carbocycles. The van der Waals surface area contributed by atoms with Crippen molar-refractivity contribution in [1.82, 2.24) is 10.2 Å². The Morgan fingerprint density at radius 2 is 2.00 bits per heavy atom. The van der Waals surface area contributed by atoms with Crippen LogP contribution in [0.25, 0.3) is 0 Å². The number of alkyl halides is 1. The maximum absolute atomic E-state index is 12.7. The fourth-order valence-electron chi connectivity index (χ4n) is 2.45. The van der Waals surface area contributed by atoms with Gasteiger partial charge in [-0.15, -0.1) is 0 Å². The molecule has 0 aromatic heterocycles. The van der Waals surface area contributed by atoms with Crippen LogP contribution in [0.1, 0.15) is 18.0 Å². The lowest BCUT2D eigenvalue weighted by Crippen LogP contribution is -2.45. The lowest BCUT2D eigenvalue weighted by atomic mass is 10.00. The van der Waals surface area contributed by atoms with E-state index in [0.29, 0.717) is 12.0 Å². The molecule has 2 rings (SSSR count). The number of nitrogens with zero attached hydrogens (tertiary/aromatic N) is 1. The van der Waals surface area contributed by atoms with Crippen molar-refractivity contribution in [3.8, 4) is 11.5 Å². The van der Waals surface area contributed by atoms with Gasteiger partial charge in [-0.05, 0) is 12.5 Å². The Hall–Kier alpha value is -1.33. The van der Waals surface area contributed by atoms with E-state index in [9.17, 15) is 14.6 Å². The van der Waals surface area contributed by atoms with Crippen LogP contribution in [0.3, 0.4) is 0 Å². The van der Waals surface area contributed by atoms with Crippen LogP contribution in [-0.2, 0) is 0 Å². The highest BCUT2D eigenvalue weighted by atomic mass is 19.1. The summed E-state index contributed by atoms with van der Waals surface area (Å²) < 4.78 is 12.7. The Morgan fingerprint density at radius 3 is 2.67 bits per heavy atom. The summed E-state index contributed by atoms with van der Waals surface area (Å²) in [5.41, 5.74) is 0.606. The van der Waals surface area contributed by atoms with Gasteiger partial charge in [0, 0.05) is 37.8 Å². The topological polar surface area (TPSA) is 55.7 Å². The normalized spacial score (nSPS) is 18.7. The number of para-hydroxylation sites is 1. The van der Waals surface area contributed by atoms with Gasteiger partial charge in [0.2, 0.25) is 0 Å². The minimum Gasteiger partial charge on any atom is -0.504 e. The van der Waals surface area contributed by atoms with E-state index in [-0.39, 0.29) is 17.5 Å². The number of aromatic hydroxyl groups is 2. The zero-order valence-corrected chi connectivity index (χ0v) is 10.3. The van der Waals surface area contributed by atoms with Crippen molar-refractivity contribution in [2.75, 3.05) is 32.9 Å². The zero-order valence-electron chi connectivity index (χ0n) is 10.3. The van der Waals surface area contributed by atoms with E-state index < -0.39 is 6.67 Å². The molecule has 0 amide bonds. The van der Waals surface area contributed by atoms with Gasteiger partial charge in [-0.25, -0.2) is 0 Å². The van der Waals surface area contributed by atoms with E-state index in [1.54, 1.807) is 12.1 Å². The van der Waals surface area contributed by atoms with E-state index in [4.69, 9.17) is 0 Å². The maximum atomic E-state index is 12.7. The molecular weight excluding hydrogens is 235 g/mol. The Labute approximate surface area is 106 Å². The van der Waals surface area contributed by atoms with Crippen LogP contribution < -0.4 is 5.32 Å². The molecule has 0 unspecified atom stereocenters. The average Bonchev–Trinajstić information content (AvgIpc) is 2.41. The van der Waals surface area contributed by atoms with Crippen LogP contribution in [0, 0.1) is 0 Å². The Balaban J connectivity index is 2.25. The van der Waals surface area contributed by atoms with Crippen molar-refractivity contribution in [1.29, 1.82) is 0 Å². The van der Waals surface area contributed by atoms with E-state index in [1.165, 1.54) is 6.07 Å². The van der Waals surface area contributed by atoms with Gasteiger partial charge in [0.15, 0.2) is 11.5 Å². The second kappa shape index (κ2) is 6.02. The van der Waals surface area contributed by atoms with Gasteiger partial charge >= 0.3 is 0 Å². The maximum Gasteiger partial charge on any atom is 0.162 e. The van der Waals surface area contributed by atoms with E-state index >= 15 is 0 Å². The van der Waals surface area contributed by atoms with Gasteiger partial charge in [-0.2, -0.15) is 0 Å². The molecule has 0 radical (unpaired) electrons. The van der Waals surface area contributed by atoms with Crippen LogP contribution >= 0.6 is 0 Å². The molecule has 100 valence electrons. The molecule has 1 saturated heterocycles. The van der Waals surface area contributed by atoms with Crippen LogP contribution in [0.4, 0.5) is 4.39 Å². The number of phenolic OH excluding ortho intramolecular Hbond substituents is 2. The first-order valence-electron chi connectivity index (χ1n) is 6.25. The van der Waals surface area contributed by atoms with Crippen molar-refractivity contribution < 1.29 is 14.6 Å². The molecule has 0 bridgehead atoms. The number of phenols is 2. The molecule has 0 spiro atoms. The molecule has 1 atom stereocenters. The fraction of sp³-hybridized carbons (Fsp3) is 0.538. The molecule has 1 fully saturated rings. The molecule has 18 heavy (non-hydrogen) atoms. The molecule has 1 aromatic rings. The van der Waals surface area contributed by atoms with Gasteiger partial charge in [0.1, 0.15) is 0 Å². The third-order valence-electron chi connectivity index (χ3n) is 3.38. The number of hydrogen-bond donors (Lipinski definition) is 3. The number of halogens is 1. The molecule has 4 nitrogen and oxygen atoms in total. The molecular formula is C13H19FN2O2. The summed E-state index contributed by atoms with van der Waals surface area (Å²) in [6, 6.07) is 4.68. The highest BCUT2D eigenvalue weighted by Gasteiger charge is 2.25. The Morgan fingerprint density at radius 1 is 1.28 bits per heavy atom. The van der Waals surface area contributed by atoms with E-state index in [0.717, 1.165) is 26.2 Å².